The van der Waals surface area contributed by atoms with E-state index < -0.39 is 0 Å². The highest BCUT2D eigenvalue weighted by atomic mass is 16.3. The lowest BCUT2D eigenvalue weighted by atomic mass is 9.82. The highest BCUT2D eigenvalue weighted by Gasteiger charge is 2.26. The highest BCUT2D eigenvalue weighted by molar-refractivity contribution is 4.80. The van der Waals surface area contributed by atoms with Gasteiger partial charge in [0.25, 0.3) is 0 Å². The van der Waals surface area contributed by atoms with Gasteiger partial charge in [0.05, 0.1) is 6.10 Å². The van der Waals surface area contributed by atoms with Crippen LogP contribution in [-0.4, -0.2) is 24.3 Å². The van der Waals surface area contributed by atoms with Crippen molar-refractivity contribution < 1.29 is 5.11 Å². The third-order valence-corrected chi connectivity index (χ3v) is 2.70. The lowest BCUT2D eigenvalue weighted by Gasteiger charge is -2.31. The van der Waals surface area contributed by atoms with Gasteiger partial charge in [0.15, 0.2) is 0 Å². The van der Waals surface area contributed by atoms with E-state index in [4.69, 9.17) is 5.11 Å². The molecule has 0 saturated heterocycles. The zero-order valence-electron chi connectivity index (χ0n) is 9.14. The van der Waals surface area contributed by atoms with E-state index >= 15 is 0 Å². The van der Waals surface area contributed by atoms with E-state index in [2.05, 4.69) is 26.1 Å². The minimum atomic E-state index is -0.00517. The zero-order valence-corrected chi connectivity index (χ0v) is 9.14. The summed E-state index contributed by atoms with van der Waals surface area (Å²) in [6, 6.07) is 0. The quantitative estimate of drug-likeness (QED) is 0.654. The Labute approximate surface area is 81.7 Å². The molecule has 0 amide bonds. The van der Waals surface area contributed by atoms with Crippen LogP contribution in [0.1, 0.15) is 40.0 Å². The van der Waals surface area contributed by atoms with Crippen molar-refractivity contribution in [2.75, 3.05) is 13.1 Å². The van der Waals surface area contributed by atoms with Crippen LogP contribution in [0.2, 0.25) is 0 Å². The van der Waals surface area contributed by atoms with E-state index in [9.17, 15) is 0 Å². The maximum Gasteiger partial charge on any atom is 0.0546 e. The van der Waals surface area contributed by atoms with Crippen LogP contribution >= 0.6 is 0 Å². The Kier molecular flexibility index (Phi) is 3.74. The normalized spacial score (nSPS) is 28.6. The maximum absolute atomic E-state index is 9.08. The molecule has 0 spiro atoms. The summed E-state index contributed by atoms with van der Waals surface area (Å²) in [7, 11) is 0. The first-order valence-electron chi connectivity index (χ1n) is 5.36. The molecule has 0 atom stereocenters. The number of aliphatic hydroxyl groups is 1. The van der Waals surface area contributed by atoms with Gasteiger partial charge in [-0.25, -0.2) is 0 Å². The molecule has 1 rings (SSSR count). The van der Waals surface area contributed by atoms with Crippen molar-refractivity contribution in [2.45, 2.75) is 46.1 Å². The highest BCUT2D eigenvalue weighted by Crippen LogP contribution is 2.26. The molecule has 0 heterocycles. The van der Waals surface area contributed by atoms with Gasteiger partial charge >= 0.3 is 0 Å². The van der Waals surface area contributed by atoms with Gasteiger partial charge < -0.3 is 10.4 Å². The second-order valence-corrected chi connectivity index (χ2v) is 5.51. The Morgan fingerprint density at radius 2 is 1.92 bits per heavy atom. The van der Waals surface area contributed by atoms with E-state index in [0.717, 1.165) is 31.8 Å². The summed E-state index contributed by atoms with van der Waals surface area (Å²) in [4.78, 5) is 0. The molecule has 2 nitrogen and oxygen atoms in total. The molecule has 13 heavy (non-hydrogen) atoms. The largest absolute Gasteiger partial charge is 0.393 e. The number of rotatable bonds is 4. The summed E-state index contributed by atoms with van der Waals surface area (Å²) in [5.74, 6) is 0.731. The lowest BCUT2D eigenvalue weighted by molar-refractivity contribution is 0.0429. The molecule has 1 fully saturated rings. The Morgan fingerprint density at radius 3 is 2.38 bits per heavy atom. The van der Waals surface area contributed by atoms with Gasteiger partial charge in [0, 0.05) is 0 Å². The van der Waals surface area contributed by atoms with Gasteiger partial charge in [-0.15, -0.1) is 0 Å². The number of hydrogen-bond donors (Lipinski definition) is 2. The molecule has 1 saturated carbocycles. The van der Waals surface area contributed by atoms with E-state index in [0.29, 0.717) is 5.41 Å². The van der Waals surface area contributed by atoms with E-state index in [-0.39, 0.29) is 6.10 Å². The van der Waals surface area contributed by atoms with Gasteiger partial charge in [-0.05, 0) is 43.7 Å². The molecule has 0 unspecified atom stereocenters. The Bertz CT molecular complexity index is 145. The van der Waals surface area contributed by atoms with Crippen LogP contribution in [0.3, 0.4) is 0 Å². The minimum Gasteiger partial charge on any atom is -0.393 e. The van der Waals surface area contributed by atoms with Crippen LogP contribution in [0.25, 0.3) is 0 Å². The van der Waals surface area contributed by atoms with Crippen molar-refractivity contribution in [3.05, 3.63) is 0 Å². The first kappa shape index (κ1) is 11.0. The molecule has 0 aromatic carbocycles. The zero-order chi connectivity index (χ0) is 9.90. The molecular formula is C11H23NO. The molecule has 0 radical (unpaired) electrons. The molecule has 1 aliphatic rings. The van der Waals surface area contributed by atoms with Crippen molar-refractivity contribution in [2.24, 2.45) is 11.3 Å². The smallest absolute Gasteiger partial charge is 0.0546 e. The summed E-state index contributed by atoms with van der Waals surface area (Å²) >= 11 is 0. The van der Waals surface area contributed by atoms with Crippen molar-refractivity contribution in [3.63, 3.8) is 0 Å². The second kappa shape index (κ2) is 4.43. The molecule has 0 aromatic rings. The van der Waals surface area contributed by atoms with Gasteiger partial charge in [-0.3, -0.25) is 0 Å². The predicted octanol–water partition coefficient (Wildman–Crippen LogP) is 1.78. The van der Waals surface area contributed by atoms with Crippen molar-refractivity contribution in [1.82, 2.24) is 5.32 Å². The molecule has 2 heteroatoms. The molecule has 2 N–H and O–H groups in total. The predicted molar refractivity (Wildman–Crippen MR) is 55.7 cm³/mol. The molecule has 0 bridgehead atoms. The lowest BCUT2D eigenvalue weighted by Crippen LogP contribution is -2.36. The standard InChI is InChI=1S/C11H23NO/c1-11(2,3)4-5-12-8-9-6-10(13)7-9/h9-10,12-13H,4-8H2,1-3H3. The van der Waals surface area contributed by atoms with Crippen LogP contribution in [0.4, 0.5) is 0 Å². The van der Waals surface area contributed by atoms with Crippen molar-refractivity contribution in [1.29, 1.82) is 0 Å². The number of aliphatic hydroxyl groups excluding tert-OH is 1. The molecule has 0 aliphatic heterocycles. The fraction of sp³-hybridized carbons (Fsp3) is 1.00. The number of hydrogen-bond acceptors (Lipinski definition) is 2. The van der Waals surface area contributed by atoms with Crippen molar-refractivity contribution >= 4 is 0 Å². The summed E-state index contributed by atoms with van der Waals surface area (Å²) in [5, 5.41) is 12.5. The van der Waals surface area contributed by atoms with Crippen LogP contribution in [0.5, 0.6) is 0 Å². The van der Waals surface area contributed by atoms with E-state index in [1.807, 2.05) is 0 Å². The van der Waals surface area contributed by atoms with Crippen molar-refractivity contribution in [3.8, 4) is 0 Å². The molecule has 1 aliphatic carbocycles. The monoisotopic (exact) mass is 185 g/mol. The summed E-state index contributed by atoms with van der Waals surface area (Å²) < 4.78 is 0. The van der Waals surface area contributed by atoms with Crippen LogP contribution in [0, 0.1) is 11.3 Å². The molecular weight excluding hydrogens is 162 g/mol. The number of nitrogens with one attached hydrogen (secondary N) is 1. The van der Waals surface area contributed by atoms with Gasteiger partial charge in [0.1, 0.15) is 0 Å². The molecule has 0 aromatic heterocycles. The fourth-order valence-electron chi connectivity index (χ4n) is 1.64. The molecule has 78 valence electrons. The van der Waals surface area contributed by atoms with Gasteiger partial charge in [0.2, 0.25) is 0 Å². The maximum atomic E-state index is 9.08. The average molecular weight is 185 g/mol. The topological polar surface area (TPSA) is 32.3 Å². The Hall–Kier alpha value is -0.0800. The Balaban J connectivity index is 1.90. The average Bonchev–Trinajstić information content (AvgIpc) is 1.91. The van der Waals surface area contributed by atoms with Crippen LogP contribution < -0.4 is 5.32 Å². The Morgan fingerprint density at radius 1 is 1.31 bits per heavy atom. The summed E-state index contributed by atoms with van der Waals surface area (Å²) in [6.07, 6.45) is 3.22. The summed E-state index contributed by atoms with van der Waals surface area (Å²) in [5.41, 5.74) is 0.437. The third-order valence-electron chi connectivity index (χ3n) is 2.70. The minimum absolute atomic E-state index is 0.00517. The summed E-state index contributed by atoms with van der Waals surface area (Å²) in [6.45, 7) is 8.99. The fourth-order valence-corrected chi connectivity index (χ4v) is 1.64. The second-order valence-electron chi connectivity index (χ2n) is 5.51. The van der Waals surface area contributed by atoms with E-state index in [1.54, 1.807) is 0 Å². The third kappa shape index (κ3) is 4.63. The SMILES string of the molecule is CC(C)(C)CCNCC1CC(O)C1. The first-order chi connectivity index (χ1) is 5.97. The van der Waals surface area contributed by atoms with Gasteiger partial charge in [-0.2, -0.15) is 0 Å². The van der Waals surface area contributed by atoms with Crippen LogP contribution in [-0.2, 0) is 0 Å². The van der Waals surface area contributed by atoms with E-state index in [1.165, 1.54) is 6.42 Å². The van der Waals surface area contributed by atoms with Gasteiger partial charge in [-0.1, -0.05) is 20.8 Å². The first-order valence-corrected chi connectivity index (χ1v) is 5.36. The van der Waals surface area contributed by atoms with Crippen LogP contribution in [0.15, 0.2) is 0 Å².